The highest BCUT2D eigenvalue weighted by Gasteiger charge is 2.38. The second-order valence-electron chi connectivity index (χ2n) is 10.2. The maximum atomic E-state index is 14.0. The first-order valence-corrected chi connectivity index (χ1v) is 12.7. The van der Waals surface area contributed by atoms with Gasteiger partial charge in [0, 0.05) is 29.5 Å². The minimum atomic E-state index is -4.85. The largest absolute Gasteiger partial charge is 0.417 e. The van der Waals surface area contributed by atoms with Crippen LogP contribution in [0.15, 0.2) is 24.3 Å². The molecule has 2 fully saturated rings. The van der Waals surface area contributed by atoms with Crippen LogP contribution in [0.4, 0.5) is 26.3 Å². The quantitative estimate of drug-likeness (QED) is 0.402. The lowest BCUT2D eigenvalue weighted by atomic mass is 9.89. The average molecular weight is 515 g/mol. The molecule has 0 saturated heterocycles. The average Bonchev–Trinajstić information content (AvgIpc) is 3.15. The molecule has 1 amide bonds. The Morgan fingerprint density at radius 1 is 0.889 bits per heavy atom. The summed E-state index contributed by atoms with van der Waals surface area (Å²) >= 11 is 0. The number of carbonyl (C=O) groups excluding carboxylic acids is 1. The molecule has 198 valence electrons. The second-order valence-corrected chi connectivity index (χ2v) is 10.2. The van der Waals surface area contributed by atoms with Crippen molar-refractivity contribution in [3.63, 3.8) is 0 Å². The number of benzene rings is 1. The highest BCUT2D eigenvalue weighted by molar-refractivity contribution is 5.97. The summed E-state index contributed by atoms with van der Waals surface area (Å²) in [5.41, 5.74) is -2.14. The molecule has 1 heterocycles. The van der Waals surface area contributed by atoms with Crippen LogP contribution in [0.5, 0.6) is 0 Å². The molecular formula is C27H32F6N2O. The molecule has 0 atom stereocenters. The smallest absolute Gasteiger partial charge is 0.349 e. The van der Waals surface area contributed by atoms with E-state index in [-0.39, 0.29) is 29.1 Å². The van der Waals surface area contributed by atoms with Gasteiger partial charge in [0.15, 0.2) is 0 Å². The summed E-state index contributed by atoms with van der Waals surface area (Å²) in [6.45, 7) is 2.04. The fraction of sp³-hybridized carbons (Fsp3) is 0.593. The third-order valence-corrected chi connectivity index (χ3v) is 7.65. The van der Waals surface area contributed by atoms with Crippen LogP contribution in [0.25, 0.3) is 11.3 Å². The topological polar surface area (TPSA) is 34.0 Å². The molecule has 4 rings (SSSR count). The van der Waals surface area contributed by atoms with Gasteiger partial charge < -0.3 is 9.88 Å². The van der Waals surface area contributed by atoms with Gasteiger partial charge in [-0.3, -0.25) is 4.79 Å². The Labute approximate surface area is 207 Å². The number of rotatable bonds is 5. The van der Waals surface area contributed by atoms with Crippen LogP contribution in [-0.2, 0) is 18.9 Å². The van der Waals surface area contributed by atoms with Gasteiger partial charge in [0.2, 0.25) is 0 Å². The Hall–Kier alpha value is -2.45. The van der Waals surface area contributed by atoms with E-state index < -0.39 is 29.0 Å². The number of carbonyl (C=O) groups is 1. The predicted molar refractivity (Wildman–Crippen MR) is 126 cm³/mol. The normalized spacial score (nSPS) is 18.4. The van der Waals surface area contributed by atoms with E-state index in [1.165, 1.54) is 6.07 Å². The number of hydrogen-bond acceptors (Lipinski definition) is 1. The van der Waals surface area contributed by atoms with E-state index in [0.29, 0.717) is 30.4 Å². The van der Waals surface area contributed by atoms with Crippen molar-refractivity contribution in [1.29, 1.82) is 0 Å². The molecule has 0 unspecified atom stereocenters. The summed E-state index contributed by atoms with van der Waals surface area (Å²) in [5, 5.41) is 3.00. The molecule has 9 heteroatoms. The third-order valence-electron chi connectivity index (χ3n) is 7.65. The molecular weight excluding hydrogens is 482 g/mol. The molecule has 0 aliphatic heterocycles. The summed E-state index contributed by atoms with van der Waals surface area (Å²) < 4.78 is 84.0. The fourth-order valence-corrected chi connectivity index (χ4v) is 5.65. The summed E-state index contributed by atoms with van der Waals surface area (Å²) in [6, 6.07) is 2.87. The highest BCUT2D eigenvalue weighted by atomic mass is 19.4. The maximum Gasteiger partial charge on any atom is 0.417 e. The van der Waals surface area contributed by atoms with Crippen molar-refractivity contribution >= 4 is 5.91 Å². The van der Waals surface area contributed by atoms with Gasteiger partial charge in [0.25, 0.3) is 5.91 Å². The summed E-state index contributed by atoms with van der Waals surface area (Å²) in [6.07, 6.45) is 0.0303. The number of nitrogens with zero attached hydrogens (tertiary/aromatic N) is 1. The fourth-order valence-electron chi connectivity index (χ4n) is 5.65. The van der Waals surface area contributed by atoms with Crippen LogP contribution in [0.3, 0.4) is 0 Å². The minimum Gasteiger partial charge on any atom is -0.349 e. The monoisotopic (exact) mass is 514 g/mol. The lowest BCUT2D eigenvalue weighted by Crippen LogP contribution is -2.36. The van der Waals surface area contributed by atoms with Crippen molar-refractivity contribution in [2.75, 3.05) is 0 Å². The standard InChI is InChI=1S/C27H32F6N2O/c1-17-21(25(36)34-20-10-6-3-7-11-20)15-24(35(17)16-18-8-4-2-5-9-18)22-14-19(26(28,29)30)12-13-23(22)27(31,32)33/h12-15,18,20H,2-11,16H2,1H3,(H,34,36). The van der Waals surface area contributed by atoms with E-state index in [0.717, 1.165) is 64.2 Å². The molecule has 0 radical (unpaired) electrons. The van der Waals surface area contributed by atoms with Crippen molar-refractivity contribution in [3.05, 3.63) is 46.6 Å². The van der Waals surface area contributed by atoms with E-state index in [2.05, 4.69) is 5.32 Å². The van der Waals surface area contributed by atoms with Gasteiger partial charge in [-0.1, -0.05) is 38.5 Å². The maximum absolute atomic E-state index is 14.0. The van der Waals surface area contributed by atoms with Crippen LogP contribution >= 0.6 is 0 Å². The Kier molecular flexibility index (Phi) is 7.76. The number of aromatic nitrogens is 1. The molecule has 36 heavy (non-hydrogen) atoms. The zero-order chi connectivity index (χ0) is 26.1. The number of nitrogens with one attached hydrogen (secondary N) is 1. The Morgan fingerprint density at radius 3 is 2.08 bits per heavy atom. The van der Waals surface area contributed by atoms with E-state index in [1.54, 1.807) is 11.5 Å². The van der Waals surface area contributed by atoms with E-state index >= 15 is 0 Å². The molecule has 2 saturated carbocycles. The first-order valence-electron chi connectivity index (χ1n) is 12.7. The van der Waals surface area contributed by atoms with Gasteiger partial charge in [-0.2, -0.15) is 26.3 Å². The zero-order valence-electron chi connectivity index (χ0n) is 20.4. The summed E-state index contributed by atoms with van der Waals surface area (Å²) in [7, 11) is 0. The van der Waals surface area contributed by atoms with E-state index in [9.17, 15) is 31.1 Å². The predicted octanol–water partition coefficient (Wildman–Crippen LogP) is 8.14. The molecule has 1 aromatic carbocycles. The molecule has 3 nitrogen and oxygen atoms in total. The van der Waals surface area contributed by atoms with E-state index in [1.807, 2.05) is 0 Å². The van der Waals surface area contributed by atoms with Gasteiger partial charge in [0.05, 0.1) is 16.7 Å². The van der Waals surface area contributed by atoms with Crippen molar-refractivity contribution in [1.82, 2.24) is 9.88 Å². The Morgan fingerprint density at radius 2 is 1.50 bits per heavy atom. The number of amides is 1. The lowest BCUT2D eigenvalue weighted by molar-refractivity contribution is -0.141. The van der Waals surface area contributed by atoms with Gasteiger partial charge in [-0.15, -0.1) is 0 Å². The Balaban J connectivity index is 1.82. The third kappa shape index (κ3) is 5.92. The van der Waals surface area contributed by atoms with Crippen LogP contribution in [0.2, 0.25) is 0 Å². The van der Waals surface area contributed by atoms with Gasteiger partial charge >= 0.3 is 12.4 Å². The molecule has 0 spiro atoms. The van der Waals surface area contributed by atoms with Crippen LogP contribution < -0.4 is 5.32 Å². The van der Waals surface area contributed by atoms with Crippen molar-refractivity contribution in [3.8, 4) is 11.3 Å². The molecule has 1 N–H and O–H groups in total. The van der Waals surface area contributed by atoms with Crippen LogP contribution in [0.1, 0.15) is 91.4 Å². The second kappa shape index (κ2) is 10.5. The number of hydrogen-bond donors (Lipinski definition) is 1. The van der Waals surface area contributed by atoms with Crippen LogP contribution in [0, 0.1) is 12.8 Å². The van der Waals surface area contributed by atoms with Crippen molar-refractivity contribution < 1.29 is 31.1 Å². The molecule has 2 aromatic rings. The number of alkyl halides is 6. The first-order chi connectivity index (χ1) is 16.9. The molecule has 1 aromatic heterocycles. The van der Waals surface area contributed by atoms with Crippen molar-refractivity contribution in [2.24, 2.45) is 5.92 Å². The van der Waals surface area contributed by atoms with Crippen molar-refractivity contribution in [2.45, 2.75) is 96.1 Å². The molecule has 2 aliphatic carbocycles. The van der Waals surface area contributed by atoms with E-state index in [4.69, 9.17) is 0 Å². The molecule has 2 aliphatic rings. The highest BCUT2D eigenvalue weighted by Crippen LogP contribution is 2.42. The number of halogens is 6. The summed E-state index contributed by atoms with van der Waals surface area (Å²) in [5.74, 6) is -0.193. The van der Waals surface area contributed by atoms with Gasteiger partial charge in [-0.25, -0.2) is 0 Å². The van der Waals surface area contributed by atoms with Gasteiger partial charge in [-0.05, 0) is 62.8 Å². The first kappa shape index (κ1) is 26.6. The summed E-state index contributed by atoms with van der Waals surface area (Å²) in [4.78, 5) is 13.2. The lowest BCUT2D eigenvalue weighted by Gasteiger charge is -2.25. The molecule has 0 bridgehead atoms. The zero-order valence-corrected chi connectivity index (χ0v) is 20.4. The van der Waals surface area contributed by atoms with Gasteiger partial charge in [0.1, 0.15) is 0 Å². The SMILES string of the molecule is Cc1c(C(=O)NC2CCCCC2)cc(-c2cc(C(F)(F)F)ccc2C(F)(F)F)n1CC1CCCCC1. The Bertz CT molecular complexity index is 1070. The minimum absolute atomic E-state index is 0.00455. The van der Waals surface area contributed by atoms with Crippen LogP contribution in [-0.4, -0.2) is 16.5 Å².